The normalized spacial score (nSPS) is 11.9. The van der Waals surface area contributed by atoms with Crippen molar-refractivity contribution < 1.29 is 9.47 Å². The van der Waals surface area contributed by atoms with Crippen molar-refractivity contribution in [2.24, 2.45) is 0 Å². The Morgan fingerprint density at radius 3 is 2.39 bits per heavy atom. The lowest BCUT2D eigenvalue weighted by Crippen LogP contribution is -1.89. The number of hydrogen-bond acceptors (Lipinski definition) is 2. The molecule has 96 valence electrons. The standard InChI is InChI=1S/C16H20O2/c1-3-4-5-6-13-18-14-7-8-15-9-11-16(17-2)12-10-15/h3-12H,13-14H2,1-2H3/b4-3+,6-5+,8-7+. The van der Waals surface area contributed by atoms with Crippen molar-refractivity contribution in [3.05, 3.63) is 60.2 Å². The number of benzene rings is 1. The van der Waals surface area contributed by atoms with Crippen molar-refractivity contribution in [3.8, 4) is 5.75 Å². The molecular formula is C16H20O2. The summed E-state index contributed by atoms with van der Waals surface area (Å²) in [5, 5.41) is 0. The van der Waals surface area contributed by atoms with Crippen molar-refractivity contribution in [3.63, 3.8) is 0 Å². The highest BCUT2D eigenvalue weighted by molar-refractivity contribution is 5.50. The molecule has 0 N–H and O–H groups in total. The number of hydrogen-bond donors (Lipinski definition) is 0. The Labute approximate surface area is 109 Å². The largest absolute Gasteiger partial charge is 0.497 e. The lowest BCUT2D eigenvalue weighted by atomic mass is 10.2. The van der Waals surface area contributed by atoms with Crippen LogP contribution < -0.4 is 4.74 Å². The van der Waals surface area contributed by atoms with E-state index >= 15 is 0 Å². The smallest absolute Gasteiger partial charge is 0.118 e. The third-order valence-electron chi connectivity index (χ3n) is 2.29. The number of methoxy groups -OCH3 is 1. The van der Waals surface area contributed by atoms with E-state index in [4.69, 9.17) is 9.47 Å². The van der Waals surface area contributed by atoms with E-state index in [2.05, 4.69) is 0 Å². The highest BCUT2D eigenvalue weighted by atomic mass is 16.5. The quantitative estimate of drug-likeness (QED) is 0.535. The lowest BCUT2D eigenvalue weighted by Gasteiger charge is -1.99. The van der Waals surface area contributed by atoms with E-state index < -0.39 is 0 Å². The zero-order valence-electron chi connectivity index (χ0n) is 11.0. The summed E-state index contributed by atoms with van der Waals surface area (Å²) in [7, 11) is 1.67. The van der Waals surface area contributed by atoms with Gasteiger partial charge in [-0.1, -0.05) is 48.6 Å². The fourth-order valence-electron chi connectivity index (χ4n) is 1.35. The van der Waals surface area contributed by atoms with Gasteiger partial charge in [0.25, 0.3) is 0 Å². The molecule has 1 rings (SSSR count). The Bertz CT molecular complexity index is 400. The van der Waals surface area contributed by atoms with Crippen LogP contribution in [-0.4, -0.2) is 20.3 Å². The van der Waals surface area contributed by atoms with Gasteiger partial charge in [-0.3, -0.25) is 0 Å². The van der Waals surface area contributed by atoms with Crippen molar-refractivity contribution >= 4 is 6.08 Å². The molecule has 0 aliphatic carbocycles. The molecule has 1 aromatic rings. The highest BCUT2D eigenvalue weighted by Gasteiger charge is 1.89. The van der Waals surface area contributed by atoms with Gasteiger partial charge in [-0.05, 0) is 24.6 Å². The summed E-state index contributed by atoms with van der Waals surface area (Å²) in [6.45, 7) is 3.24. The second-order valence-electron chi connectivity index (χ2n) is 3.67. The van der Waals surface area contributed by atoms with Gasteiger partial charge in [0, 0.05) is 0 Å². The van der Waals surface area contributed by atoms with Crippen LogP contribution >= 0.6 is 0 Å². The number of ether oxygens (including phenoxy) is 2. The molecule has 0 spiro atoms. The second-order valence-corrected chi connectivity index (χ2v) is 3.67. The predicted octanol–water partition coefficient (Wildman–Crippen LogP) is 3.86. The van der Waals surface area contributed by atoms with Gasteiger partial charge in [0.2, 0.25) is 0 Å². The van der Waals surface area contributed by atoms with Crippen LogP contribution in [0.2, 0.25) is 0 Å². The summed E-state index contributed by atoms with van der Waals surface area (Å²) in [6, 6.07) is 7.92. The van der Waals surface area contributed by atoms with Crippen molar-refractivity contribution in [2.75, 3.05) is 20.3 Å². The number of allylic oxidation sites excluding steroid dienone is 3. The fraction of sp³-hybridized carbons (Fsp3) is 0.250. The molecule has 0 aliphatic heterocycles. The molecule has 2 heteroatoms. The van der Waals surface area contributed by atoms with Gasteiger partial charge in [-0.2, -0.15) is 0 Å². The molecule has 0 aliphatic rings. The molecule has 0 radical (unpaired) electrons. The van der Waals surface area contributed by atoms with Gasteiger partial charge in [0.05, 0.1) is 20.3 Å². The van der Waals surface area contributed by atoms with Crippen LogP contribution in [0.1, 0.15) is 12.5 Å². The summed E-state index contributed by atoms with van der Waals surface area (Å²) >= 11 is 0. The van der Waals surface area contributed by atoms with Crippen LogP contribution in [-0.2, 0) is 4.74 Å². The van der Waals surface area contributed by atoms with E-state index in [0.29, 0.717) is 13.2 Å². The minimum atomic E-state index is 0.617. The van der Waals surface area contributed by atoms with Crippen molar-refractivity contribution in [1.82, 2.24) is 0 Å². The molecule has 2 nitrogen and oxygen atoms in total. The van der Waals surface area contributed by atoms with Crippen molar-refractivity contribution in [1.29, 1.82) is 0 Å². The fourth-order valence-corrected chi connectivity index (χ4v) is 1.35. The number of rotatable bonds is 7. The Morgan fingerprint density at radius 2 is 1.72 bits per heavy atom. The first-order valence-electron chi connectivity index (χ1n) is 6.03. The minimum absolute atomic E-state index is 0.617. The summed E-state index contributed by atoms with van der Waals surface area (Å²) in [5.41, 5.74) is 1.14. The van der Waals surface area contributed by atoms with E-state index in [0.717, 1.165) is 11.3 Å². The first-order chi connectivity index (χ1) is 8.86. The Balaban J connectivity index is 2.23. The van der Waals surface area contributed by atoms with Gasteiger partial charge < -0.3 is 9.47 Å². The Hall–Kier alpha value is -1.80. The minimum Gasteiger partial charge on any atom is -0.497 e. The maximum Gasteiger partial charge on any atom is 0.118 e. The summed E-state index contributed by atoms with van der Waals surface area (Å²) in [4.78, 5) is 0. The molecule has 0 saturated heterocycles. The van der Waals surface area contributed by atoms with Gasteiger partial charge in [0.15, 0.2) is 0 Å². The SMILES string of the molecule is C/C=C/C=C/COC/C=C/c1ccc(OC)cc1. The maximum absolute atomic E-state index is 5.41. The van der Waals surface area contributed by atoms with Gasteiger partial charge in [-0.15, -0.1) is 0 Å². The monoisotopic (exact) mass is 244 g/mol. The van der Waals surface area contributed by atoms with Crippen LogP contribution in [0.3, 0.4) is 0 Å². The van der Waals surface area contributed by atoms with Gasteiger partial charge in [0.1, 0.15) is 5.75 Å². The highest BCUT2D eigenvalue weighted by Crippen LogP contribution is 2.12. The first kappa shape index (κ1) is 14.3. The predicted molar refractivity (Wildman–Crippen MR) is 76.8 cm³/mol. The Morgan fingerprint density at radius 1 is 1.00 bits per heavy atom. The maximum atomic E-state index is 5.41. The van der Waals surface area contributed by atoms with Crippen LogP contribution in [0.5, 0.6) is 5.75 Å². The second kappa shape index (κ2) is 9.25. The summed E-state index contributed by atoms with van der Waals surface area (Å²) in [5.74, 6) is 0.873. The van der Waals surface area contributed by atoms with Crippen LogP contribution in [0.25, 0.3) is 6.08 Å². The van der Waals surface area contributed by atoms with E-state index in [1.807, 2.05) is 67.6 Å². The molecule has 0 heterocycles. The van der Waals surface area contributed by atoms with E-state index in [1.54, 1.807) is 7.11 Å². The average Bonchev–Trinajstić information content (AvgIpc) is 2.42. The van der Waals surface area contributed by atoms with E-state index in [1.165, 1.54) is 0 Å². The molecule has 0 amide bonds. The molecule has 0 bridgehead atoms. The van der Waals surface area contributed by atoms with Crippen LogP contribution in [0, 0.1) is 0 Å². The van der Waals surface area contributed by atoms with E-state index in [-0.39, 0.29) is 0 Å². The molecule has 0 fully saturated rings. The molecule has 0 aromatic heterocycles. The lowest BCUT2D eigenvalue weighted by molar-refractivity contribution is 0.194. The summed E-state index contributed by atoms with van der Waals surface area (Å²) in [6.07, 6.45) is 12.0. The molecule has 0 unspecified atom stereocenters. The van der Waals surface area contributed by atoms with Gasteiger partial charge >= 0.3 is 0 Å². The molecule has 18 heavy (non-hydrogen) atoms. The van der Waals surface area contributed by atoms with Gasteiger partial charge in [-0.25, -0.2) is 0 Å². The third kappa shape index (κ3) is 6.06. The molecule has 0 saturated carbocycles. The van der Waals surface area contributed by atoms with Crippen LogP contribution in [0.15, 0.2) is 54.6 Å². The van der Waals surface area contributed by atoms with E-state index in [9.17, 15) is 0 Å². The summed E-state index contributed by atoms with van der Waals surface area (Å²) < 4.78 is 10.5. The molecular weight excluding hydrogens is 224 g/mol. The van der Waals surface area contributed by atoms with Crippen molar-refractivity contribution in [2.45, 2.75) is 6.92 Å². The Kier molecular flexibility index (Phi) is 7.33. The zero-order valence-corrected chi connectivity index (χ0v) is 11.0. The average molecular weight is 244 g/mol. The third-order valence-corrected chi connectivity index (χ3v) is 2.29. The first-order valence-corrected chi connectivity index (χ1v) is 6.03. The zero-order chi connectivity index (χ0) is 13.1. The molecule has 1 aromatic carbocycles. The topological polar surface area (TPSA) is 18.5 Å². The van der Waals surface area contributed by atoms with Crippen LogP contribution in [0.4, 0.5) is 0 Å². The molecule has 0 atom stereocenters.